The third kappa shape index (κ3) is 5.29. The molecule has 1 atom stereocenters. The molecule has 3 amide bonds. The largest absolute Gasteiger partial charge is 0.418 e. The maximum absolute atomic E-state index is 13.6. The predicted molar refractivity (Wildman–Crippen MR) is 106 cm³/mol. The van der Waals surface area contributed by atoms with Gasteiger partial charge in [-0.05, 0) is 49.1 Å². The molecule has 1 aliphatic heterocycles. The van der Waals surface area contributed by atoms with E-state index in [1.165, 1.54) is 11.0 Å². The van der Waals surface area contributed by atoms with E-state index in [0.717, 1.165) is 18.6 Å². The standard InChI is InChI=1S/C21H22F3N3O3/c22-21(23,24)17-11-16(25-19(29)15-6-2-1-3-7-15)8-9-18(17)26-20(30)27-10-4-5-14(12-27)13-28/h1-3,6-9,11,14,28H,4-5,10,12-13H2,(H,25,29)(H,26,30). The molecule has 160 valence electrons. The topological polar surface area (TPSA) is 81.7 Å². The van der Waals surface area contributed by atoms with E-state index in [1.54, 1.807) is 30.3 Å². The highest BCUT2D eigenvalue weighted by molar-refractivity contribution is 6.04. The van der Waals surface area contributed by atoms with Gasteiger partial charge in [0.2, 0.25) is 0 Å². The van der Waals surface area contributed by atoms with E-state index >= 15 is 0 Å². The third-order valence-corrected chi connectivity index (χ3v) is 4.92. The lowest BCUT2D eigenvalue weighted by molar-refractivity contribution is -0.136. The zero-order valence-corrected chi connectivity index (χ0v) is 16.1. The molecule has 0 aromatic heterocycles. The highest BCUT2D eigenvalue weighted by Crippen LogP contribution is 2.37. The summed E-state index contributed by atoms with van der Waals surface area (Å²) in [6, 6.07) is 10.7. The lowest BCUT2D eigenvalue weighted by Crippen LogP contribution is -2.43. The lowest BCUT2D eigenvalue weighted by atomic mass is 9.99. The number of alkyl halides is 3. The van der Waals surface area contributed by atoms with Crippen LogP contribution in [0.1, 0.15) is 28.8 Å². The predicted octanol–water partition coefficient (Wildman–Crippen LogP) is 4.19. The monoisotopic (exact) mass is 421 g/mol. The van der Waals surface area contributed by atoms with Gasteiger partial charge < -0.3 is 20.6 Å². The van der Waals surface area contributed by atoms with E-state index in [9.17, 15) is 27.9 Å². The van der Waals surface area contributed by atoms with Crippen LogP contribution in [0, 0.1) is 5.92 Å². The van der Waals surface area contributed by atoms with E-state index in [-0.39, 0.29) is 24.8 Å². The second-order valence-electron chi connectivity index (χ2n) is 7.15. The van der Waals surface area contributed by atoms with Gasteiger partial charge in [-0.15, -0.1) is 0 Å². The normalized spacial score (nSPS) is 16.8. The molecule has 2 aromatic carbocycles. The number of hydrogen-bond donors (Lipinski definition) is 3. The van der Waals surface area contributed by atoms with Crippen molar-refractivity contribution >= 4 is 23.3 Å². The Labute approximate surface area is 171 Å². The first-order chi connectivity index (χ1) is 14.3. The molecule has 3 rings (SSSR count). The summed E-state index contributed by atoms with van der Waals surface area (Å²) in [4.78, 5) is 26.1. The van der Waals surface area contributed by atoms with E-state index in [4.69, 9.17) is 0 Å². The molecule has 0 saturated carbocycles. The summed E-state index contributed by atoms with van der Waals surface area (Å²) in [5.41, 5.74) is -1.17. The SMILES string of the molecule is O=C(Nc1ccc(NC(=O)N2CCCC(CO)C2)c(C(F)(F)F)c1)c1ccccc1. The van der Waals surface area contributed by atoms with Crippen LogP contribution in [0.5, 0.6) is 0 Å². The first-order valence-corrected chi connectivity index (χ1v) is 9.52. The number of amides is 3. The first-order valence-electron chi connectivity index (χ1n) is 9.52. The average molecular weight is 421 g/mol. The minimum Gasteiger partial charge on any atom is -0.396 e. The number of carbonyl (C=O) groups excluding carboxylic acids is 2. The summed E-state index contributed by atoms with van der Waals surface area (Å²) in [6.45, 7) is 0.622. The van der Waals surface area contributed by atoms with E-state index in [0.29, 0.717) is 18.5 Å². The maximum atomic E-state index is 13.6. The van der Waals surface area contributed by atoms with Crippen LogP contribution < -0.4 is 10.6 Å². The van der Waals surface area contributed by atoms with Crippen molar-refractivity contribution in [1.29, 1.82) is 0 Å². The molecule has 1 unspecified atom stereocenters. The Bertz CT molecular complexity index is 903. The highest BCUT2D eigenvalue weighted by atomic mass is 19.4. The Morgan fingerprint density at radius 3 is 2.50 bits per heavy atom. The fourth-order valence-electron chi connectivity index (χ4n) is 3.35. The van der Waals surface area contributed by atoms with Gasteiger partial charge in [-0.1, -0.05) is 18.2 Å². The molecule has 1 aliphatic rings. The van der Waals surface area contributed by atoms with E-state index in [1.807, 2.05) is 0 Å². The van der Waals surface area contributed by atoms with Gasteiger partial charge in [0.25, 0.3) is 5.91 Å². The Morgan fingerprint density at radius 1 is 1.10 bits per heavy atom. The molecule has 2 aromatic rings. The molecular formula is C21H22F3N3O3. The van der Waals surface area contributed by atoms with Gasteiger partial charge in [0.15, 0.2) is 0 Å². The summed E-state index contributed by atoms with van der Waals surface area (Å²) in [5.74, 6) is -0.619. The summed E-state index contributed by atoms with van der Waals surface area (Å²) in [7, 11) is 0. The van der Waals surface area contributed by atoms with Crippen LogP contribution in [0.4, 0.5) is 29.3 Å². The Kier molecular flexibility index (Phi) is 6.61. The summed E-state index contributed by atoms with van der Waals surface area (Å²) in [6.07, 6.45) is -3.29. The third-order valence-electron chi connectivity index (χ3n) is 4.92. The maximum Gasteiger partial charge on any atom is 0.418 e. The quantitative estimate of drug-likeness (QED) is 0.692. The van der Waals surface area contributed by atoms with Crippen molar-refractivity contribution in [2.45, 2.75) is 19.0 Å². The highest BCUT2D eigenvalue weighted by Gasteiger charge is 2.35. The van der Waals surface area contributed by atoms with Crippen LogP contribution in [0.3, 0.4) is 0 Å². The van der Waals surface area contributed by atoms with Crippen LogP contribution in [0.25, 0.3) is 0 Å². The number of aliphatic hydroxyl groups excluding tert-OH is 1. The van der Waals surface area contributed by atoms with Gasteiger partial charge >= 0.3 is 12.2 Å². The molecule has 30 heavy (non-hydrogen) atoms. The molecule has 0 bridgehead atoms. The molecule has 3 N–H and O–H groups in total. The summed E-state index contributed by atoms with van der Waals surface area (Å²) in [5, 5.41) is 14.0. The fraction of sp³-hybridized carbons (Fsp3) is 0.333. The zero-order valence-electron chi connectivity index (χ0n) is 16.1. The van der Waals surface area contributed by atoms with Gasteiger partial charge in [-0.2, -0.15) is 13.2 Å². The van der Waals surface area contributed by atoms with Crippen LogP contribution in [-0.2, 0) is 6.18 Å². The molecule has 1 saturated heterocycles. The number of hydrogen-bond acceptors (Lipinski definition) is 3. The van der Waals surface area contributed by atoms with Crippen LogP contribution in [0.2, 0.25) is 0 Å². The van der Waals surface area contributed by atoms with E-state index in [2.05, 4.69) is 10.6 Å². The Morgan fingerprint density at radius 2 is 1.83 bits per heavy atom. The second-order valence-corrected chi connectivity index (χ2v) is 7.15. The number of nitrogens with zero attached hydrogens (tertiary/aromatic N) is 1. The van der Waals surface area contributed by atoms with Gasteiger partial charge in [-0.3, -0.25) is 4.79 Å². The van der Waals surface area contributed by atoms with Gasteiger partial charge in [0.1, 0.15) is 0 Å². The Hall–Kier alpha value is -3.07. The molecule has 9 heteroatoms. The van der Waals surface area contributed by atoms with Crippen LogP contribution >= 0.6 is 0 Å². The van der Waals surface area contributed by atoms with Gasteiger partial charge in [0, 0.05) is 30.9 Å². The average Bonchev–Trinajstić information content (AvgIpc) is 2.74. The number of benzene rings is 2. The van der Waals surface area contributed by atoms with Crippen molar-refractivity contribution in [3.05, 3.63) is 59.7 Å². The molecule has 0 aliphatic carbocycles. The molecule has 1 heterocycles. The molecule has 1 fully saturated rings. The number of nitrogens with one attached hydrogen (secondary N) is 2. The number of likely N-dealkylation sites (tertiary alicyclic amines) is 1. The molecule has 0 spiro atoms. The van der Waals surface area contributed by atoms with Crippen molar-refractivity contribution in [2.75, 3.05) is 30.3 Å². The van der Waals surface area contributed by atoms with Crippen LogP contribution in [0.15, 0.2) is 48.5 Å². The Balaban J connectivity index is 1.78. The molecule has 0 radical (unpaired) electrons. The first kappa shape index (κ1) is 21.6. The minimum atomic E-state index is -4.73. The van der Waals surface area contributed by atoms with Crippen molar-refractivity contribution in [3.8, 4) is 0 Å². The van der Waals surface area contributed by atoms with Crippen molar-refractivity contribution < 1.29 is 27.9 Å². The fourth-order valence-corrected chi connectivity index (χ4v) is 3.35. The minimum absolute atomic E-state index is 0.0347. The molecule has 6 nitrogen and oxygen atoms in total. The number of anilines is 2. The summed E-state index contributed by atoms with van der Waals surface area (Å²) >= 11 is 0. The number of urea groups is 1. The van der Waals surface area contributed by atoms with E-state index < -0.39 is 29.4 Å². The summed E-state index contributed by atoms with van der Waals surface area (Å²) < 4.78 is 40.8. The molecular weight excluding hydrogens is 399 g/mol. The number of aliphatic hydroxyl groups is 1. The number of rotatable bonds is 4. The van der Waals surface area contributed by atoms with Crippen molar-refractivity contribution in [3.63, 3.8) is 0 Å². The van der Waals surface area contributed by atoms with Gasteiger partial charge in [0.05, 0.1) is 11.3 Å². The second kappa shape index (κ2) is 9.17. The number of piperidine rings is 1. The van der Waals surface area contributed by atoms with Gasteiger partial charge in [-0.25, -0.2) is 4.79 Å². The van der Waals surface area contributed by atoms with Crippen molar-refractivity contribution in [1.82, 2.24) is 4.90 Å². The number of halogens is 3. The van der Waals surface area contributed by atoms with Crippen molar-refractivity contribution in [2.24, 2.45) is 5.92 Å². The zero-order chi connectivity index (χ0) is 21.7. The smallest absolute Gasteiger partial charge is 0.396 e. The van der Waals surface area contributed by atoms with Crippen LogP contribution in [-0.4, -0.2) is 41.6 Å². The number of carbonyl (C=O) groups is 2. The lowest BCUT2D eigenvalue weighted by Gasteiger charge is -2.32.